The standard InChI is InChI=1S/C16H26N2/c1-16(2,13-17)11-14-5-7-15(8-6-14)12-18-9-3-4-10-18/h5-8H,3-4,9-13,17H2,1-2H3. The summed E-state index contributed by atoms with van der Waals surface area (Å²) in [5.74, 6) is 0. The van der Waals surface area contributed by atoms with E-state index in [2.05, 4.69) is 43.0 Å². The Morgan fingerprint density at radius 2 is 1.61 bits per heavy atom. The smallest absolute Gasteiger partial charge is 0.0233 e. The molecule has 1 aromatic rings. The molecular weight excluding hydrogens is 220 g/mol. The van der Waals surface area contributed by atoms with Gasteiger partial charge in [-0.1, -0.05) is 38.1 Å². The molecule has 2 N–H and O–H groups in total. The fraction of sp³-hybridized carbons (Fsp3) is 0.625. The monoisotopic (exact) mass is 246 g/mol. The van der Waals surface area contributed by atoms with Crippen LogP contribution in [-0.4, -0.2) is 24.5 Å². The molecule has 0 unspecified atom stereocenters. The number of nitrogens with zero attached hydrogens (tertiary/aromatic N) is 1. The molecule has 1 fully saturated rings. The van der Waals surface area contributed by atoms with E-state index in [-0.39, 0.29) is 5.41 Å². The second-order valence-corrected chi connectivity index (χ2v) is 6.34. The van der Waals surface area contributed by atoms with E-state index in [1.54, 1.807) is 0 Å². The lowest BCUT2D eigenvalue weighted by molar-refractivity contribution is 0.331. The van der Waals surface area contributed by atoms with Gasteiger partial charge in [0.15, 0.2) is 0 Å². The van der Waals surface area contributed by atoms with E-state index in [0.29, 0.717) is 0 Å². The van der Waals surface area contributed by atoms with Gasteiger partial charge in [0.25, 0.3) is 0 Å². The summed E-state index contributed by atoms with van der Waals surface area (Å²) in [5, 5.41) is 0. The molecule has 1 saturated heterocycles. The Labute approximate surface area is 111 Å². The second kappa shape index (κ2) is 5.85. The molecular formula is C16H26N2. The quantitative estimate of drug-likeness (QED) is 0.865. The number of nitrogens with two attached hydrogens (primary N) is 1. The third-order valence-corrected chi connectivity index (χ3v) is 3.86. The topological polar surface area (TPSA) is 29.3 Å². The highest BCUT2D eigenvalue weighted by atomic mass is 15.1. The van der Waals surface area contributed by atoms with Crippen molar-refractivity contribution < 1.29 is 0 Å². The van der Waals surface area contributed by atoms with E-state index in [9.17, 15) is 0 Å². The summed E-state index contributed by atoms with van der Waals surface area (Å²) in [7, 11) is 0. The van der Waals surface area contributed by atoms with Crippen molar-refractivity contribution in [1.29, 1.82) is 0 Å². The molecule has 1 heterocycles. The minimum absolute atomic E-state index is 0.205. The number of likely N-dealkylation sites (tertiary alicyclic amines) is 1. The summed E-state index contributed by atoms with van der Waals surface area (Å²) in [6.45, 7) is 8.84. The summed E-state index contributed by atoms with van der Waals surface area (Å²) in [5.41, 5.74) is 8.83. The zero-order valence-electron chi connectivity index (χ0n) is 11.8. The van der Waals surface area contributed by atoms with Crippen molar-refractivity contribution in [2.75, 3.05) is 19.6 Å². The van der Waals surface area contributed by atoms with Crippen LogP contribution in [0.1, 0.15) is 37.8 Å². The van der Waals surface area contributed by atoms with Crippen molar-refractivity contribution in [3.63, 3.8) is 0 Å². The normalized spacial score (nSPS) is 17.3. The van der Waals surface area contributed by atoms with Crippen LogP contribution < -0.4 is 5.73 Å². The predicted octanol–water partition coefficient (Wildman–Crippen LogP) is 2.81. The highest BCUT2D eigenvalue weighted by Crippen LogP contribution is 2.21. The number of hydrogen-bond donors (Lipinski definition) is 1. The number of rotatable bonds is 5. The largest absolute Gasteiger partial charge is 0.330 e. The Morgan fingerprint density at radius 1 is 1.06 bits per heavy atom. The van der Waals surface area contributed by atoms with Crippen molar-refractivity contribution in [1.82, 2.24) is 4.90 Å². The molecule has 2 nitrogen and oxygen atoms in total. The first-order chi connectivity index (χ1) is 8.59. The van der Waals surface area contributed by atoms with E-state index in [1.807, 2.05) is 0 Å². The first-order valence-corrected chi connectivity index (χ1v) is 7.09. The van der Waals surface area contributed by atoms with Gasteiger partial charge in [0, 0.05) is 6.54 Å². The minimum Gasteiger partial charge on any atom is -0.330 e. The third-order valence-electron chi connectivity index (χ3n) is 3.86. The van der Waals surface area contributed by atoms with Gasteiger partial charge in [-0.2, -0.15) is 0 Å². The van der Waals surface area contributed by atoms with Crippen LogP contribution in [0.15, 0.2) is 24.3 Å². The average molecular weight is 246 g/mol. The molecule has 0 atom stereocenters. The Kier molecular flexibility index (Phi) is 4.41. The Hall–Kier alpha value is -0.860. The van der Waals surface area contributed by atoms with Crippen LogP contribution in [0, 0.1) is 5.41 Å². The summed E-state index contributed by atoms with van der Waals surface area (Å²) in [4.78, 5) is 2.54. The molecule has 1 aromatic carbocycles. The molecule has 1 aliphatic rings. The second-order valence-electron chi connectivity index (χ2n) is 6.34. The van der Waals surface area contributed by atoms with E-state index < -0.39 is 0 Å². The van der Waals surface area contributed by atoms with Gasteiger partial charge in [-0.25, -0.2) is 0 Å². The SMILES string of the molecule is CC(C)(CN)Cc1ccc(CN2CCCC2)cc1. The van der Waals surface area contributed by atoms with E-state index in [0.717, 1.165) is 19.5 Å². The molecule has 1 aliphatic heterocycles. The Morgan fingerprint density at radius 3 is 2.17 bits per heavy atom. The molecule has 2 rings (SSSR count). The molecule has 0 bridgehead atoms. The van der Waals surface area contributed by atoms with Crippen LogP contribution in [-0.2, 0) is 13.0 Å². The first-order valence-electron chi connectivity index (χ1n) is 7.09. The molecule has 2 heteroatoms. The van der Waals surface area contributed by atoms with Crippen molar-refractivity contribution >= 4 is 0 Å². The van der Waals surface area contributed by atoms with Gasteiger partial charge in [0.1, 0.15) is 0 Å². The van der Waals surface area contributed by atoms with Crippen LogP contribution in [0.25, 0.3) is 0 Å². The Balaban J connectivity index is 1.92. The predicted molar refractivity (Wildman–Crippen MR) is 77.5 cm³/mol. The maximum absolute atomic E-state index is 5.79. The van der Waals surface area contributed by atoms with Crippen LogP contribution in [0.5, 0.6) is 0 Å². The van der Waals surface area contributed by atoms with Gasteiger partial charge in [-0.3, -0.25) is 4.90 Å². The van der Waals surface area contributed by atoms with Crippen LogP contribution >= 0.6 is 0 Å². The van der Waals surface area contributed by atoms with Gasteiger partial charge in [-0.15, -0.1) is 0 Å². The fourth-order valence-electron chi connectivity index (χ4n) is 2.59. The van der Waals surface area contributed by atoms with E-state index in [1.165, 1.54) is 37.1 Å². The Bertz CT molecular complexity index is 361. The van der Waals surface area contributed by atoms with Crippen LogP contribution in [0.3, 0.4) is 0 Å². The lowest BCUT2D eigenvalue weighted by atomic mass is 9.86. The fourth-order valence-corrected chi connectivity index (χ4v) is 2.59. The van der Waals surface area contributed by atoms with E-state index in [4.69, 9.17) is 5.73 Å². The van der Waals surface area contributed by atoms with Crippen molar-refractivity contribution in [2.45, 2.75) is 39.7 Å². The molecule has 0 aromatic heterocycles. The zero-order chi connectivity index (χ0) is 13.0. The molecule has 0 amide bonds. The summed E-state index contributed by atoms with van der Waals surface area (Å²) in [6.07, 6.45) is 3.79. The van der Waals surface area contributed by atoms with E-state index >= 15 is 0 Å². The number of hydrogen-bond acceptors (Lipinski definition) is 2. The minimum atomic E-state index is 0.205. The van der Waals surface area contributed by atoms with Crippen molar-refractivity contribution in [2.24, 2.45) is 11.1 Å². The van der Waals surface area contributed by atoms with Gasteiger partial charge < -0.3 is 5.73 Å². The van der Waals surface area contributed by atoms with Gasteiger partial charge >= 0.3 is 0 Å². The van der Waals surface area contributed by atoms with Crippen LogP contribution in [0.2, 0.25) is 0 Å². The molecule has 0 radical (unpaired) electrons. The highest BCUT2D eigenvalue weighted by Gasteiger charge is 2.16. The van der Waals surface area contributed by atoms with Crippen LogP contribution in [0.4, 0.5) is 0 Å². The number of benzene rings is 1. The lowest BCUT2D eigenvalue weighted by Gasteiger charge is -2.22. The zero-order valence-corrected chi connectivity index (χ0v) is 11.8. The summed E-state index contributed by atoms with van der Waals surface area (Å²) >= 11 is 0. The summed E-state index contributed by atoms with van der Waals surface area (Å²) in [6, 6.07) is 9.09. The molecule has 0 saturated carbocycles. The highest BCUT2D eigenvalue weighted by molar-refractivity contribution is 5.23. The average Bonchev–Trinajstić information content (AvgIpc) is 2.84. The lowest BCUT2D eigenvalue weighted by Crippen LogP contribution is -2.25. The maximum Gasteiger partial charge on any atom is 0.0233 e. The van der Waals surface area contributed by atoms with Gasteiger partial charge in [0.05, 0.1) is 0 Å². The van der Waals surface area contributed by atoms with Gasteiger partial charge in [-0.05, 0) is 55.4 Å². The molecule has 18 heavy (non-hydrogen) atoms. The summed E-state index contributed by atoms with van der Waals surface area (Å²) < 4.78 is 0. The van der Waals surface area contributed by atoms with Gasteiger partial charge in [0.2, 0.25) is 0 Å². The maximum atomic E-state index is 5.79. The molecule has 0 spiro atoms. The van der Waals surface area contributed by atoms with Crippen molar-refractivity contribution in [3.05, 3.63) is 35.4 Å². The first kappa shape index (κ1) is 13.6. The molecule has 0 aliphatic carbocycles. The molecule has 100 valence electrons. The van der Waals surface area contributed by atoms with Crippen molar-refractivity contribution in [3.8, 4) is 0 Å². The third kappa shape index (κ3) is 3.82.